The fourth-order valence-electron chi connectivity index (χ4n) is 1.61. The normalized spacial score (nSPS) is 11.8. The van der Waals surface area contributed by atoms with Crippen LogP contribution in [0, 0.1) is 5.82 Å². The summed E-state index contributed by atoms with van der Waals surface area (Å²) in [4.78, 5) is 22.8. The molecule has 116 valence electrons. The summed E-state index contributed by atoms with van der Waals surface area (Å²) in [6.45, 7) is 0.381. The summed E-state index contributed by atoms with van der Waals surface area (Å²) in [5.74, 6) is -1.88. The lowest BCUT2D eigenvalue weighted by atomic mass is 10.1. The van der Waals surface area contributed by atoms with E-state index >= 15 is 0 Å². The smallest absolute Gasteiger partial charge is 0.326 e. The summed E-state index contributed by atoms with van der Waals surface area (Å²) < 4.78 is 18.3. The van der Waals surface area contributed by atoms with Crippen molar-refractivity contribution >= 4 is 29.3 Å². The topological polar surface area (TPSA) is 87.7 Å². The molecule has 6 nitrogen and oxygen atoms in total. The van der Waals surface area contributed by atoms with Crippen LogP contribution in [0.2, 0.25) is 5.02 Å². The minimum Gasteiger partial charge on any atom is -0.480 e. The van der Waals surface area contributed by atoms with Crippen LogP contribution in [0.1, 0.15) is 12.8 Å². The van der Waals surface area contributed by atoms with E-state index in [4.69, 9.17) is 21.4 Å². The second-order valence-electron chi connectivity index (χ2n) is 4.22. The largest absolute Gasteiger partial charge is 0.480 e. The monoisotopic (exact) mass is 318 g/mol. The number of carbonyl (C=O) groups excluding carboxylic acids is 1. The van der Waals surface area contributed by atoms with Crippen LogP contribution >= 0.6 is 11.6 Å². The van der Waals surface area contributed by atoms with E-state index in [1.807, 2.05) is 0 Å². The molecule has 0 aliphatic heterocycles. The molecule has 0 aromatic heterocycles. The Morgan fingerprint density at radius 1 is 1.48 bits per heavy atom. The van der Waals surface area contributed by atoms with Gasteiger partial charge in [-0.15, -0.1) is 0 Å². The number of anilines is 1. The molecule has 0 saturated heterocycles. The Morgan fingerprint density at radius 2 is 2.19 bits per heavy atom. The molecule has 0 saturated carbocycles. The lowest BCUT2D eigenvalue weighted by Gasteiger charge is -2.15. The maximum Gasteiger partial charge on any atom is 0.326 e. The van der Waals surface area contributed by atoms with Crippen molar-refractivity contribution in [2.45, 2.75) is 18.9 Å². The van der Waals surface area contributed by atoms with Gasteiger partial charge in [0.25, 0.3) is 0 Å². The van der Waals surface area contributed by atoms with Crippen molar-refractivity contribution in [3.8, 4) is 0 Å². The Morgan fingerprint density at radius 3 is 2.76 bits per heavy atom. The third kappa shape index (κ3) is 5.57. The summed E-state index contributed by atoms with van der Waals surface area (Å²) in [6, 6.07) is 2.01. The van der Waals surface area contributed by atoms with E-state index in [-0.39, 0.29) is 17.1 Å². The highest BCUT2D eigenvalue weighted by Gasteiger charge is 2.20. The molecular weight excluding hydrogens is 303 g/mol. The molecule has 21 heavy (non-hydrogen) atoms. The summed E-state index contributed by atoms with van der Waals surface area (Å²) >= 11 is 5.76. The fraction of sp³-hybridized carbons (Fsp3) is 0.385. The summed E-state index contributed by atoms with van der Waals surface area (Å²) in [5, 5.41) is 13.5. The van der Waals surface area contributed by atoms with E-state index in [2.05, 4.69) is 10.6 Å². The second-order valence-corrected chi connectivity index (χ2v) is 4.63. The third-order valence-electron chi connectivity index (χ3n) is 2.65. The number of hydrogen-bond donors (Lipinski definition) is 3. The average molecular weight is 319 g/mol. The van der Waals surface area contributed by atoms with E-state index in [0.717, 1.165) is 6.07 Å². The van der Waals surface area contributed by atoms with Gasteiger partial charge in [-0.05, 0) is 25.0 Å². The number of benzene rings is 1. The van der Waals surface area contributed by atoms with Crippen molar-refractivity contribution in [3.05, 3.63) is 29.0 Å². The molecule has 1 aromatic rings. The van der Waals surface area contributed by atoms with Gasteiger partial charge in [0, 0.05) is 13.7 Å². The van der Waals surface area contributed by atoms with Crippen LogP contribution in [0.25, 0.3) is 0 Å². The molecule has 0 spiro atoms. The Hall–Kier alpha value is -1.86. The first kappa shape index (κ1) is 17.2. The van der Waals surface area contributed by atoms with Crippen molar-refractivity contribution in [2.24, 2.45) is 0 Å². The van der Waals surface area contributed by atoms with Crippen LogP contribution in [0.3, 0.4) is 0 Å². The maximum atomic E-state index is 13.5. The third-order valence-corrected chi connectivity index (χ3v) is 2.96. The van der Waals surface area contributed by atoms with E-state index in [9.17, 15) is 14.0 Å². The Kier molecular flexibility index (Phi) is 6.90. The predicted octanol–water partition coefficient (Wildman–Crippen LogP) is 2.48. The number of ether oxygens (including phenoxy) is 1. The number of carboxylic acid groups (broad SMARTS) is 1. The number of carbonyl (C=O) groups is 2. The van der Waals surface area contributed by atoms with Gasteiger partial charge in [0.2, 0.25) is 0 Å². The SMILES string of the molecule is COCCCC(NC(=O)Nc1c(F)cccc1Cl)C(=O)O. The Balaban J connectivity index is 2.63. The molecule has 0 heterocycles. The number of carboxylic acids is 1. The molecule has 2 amide bonds. The Labute approximate surface area is 126 Å². The van der Waals surface area contributed by atoms with Gasteiger partial charge >= 0.3 is 12.0 Å². The number of para-hydroxylation sites is 1. The van der Waals surface area contributed by atoms with E-state index < -0.39 is 23.9 Å². The molecule has 0 aliphatic rings. The second kappa shape index (κ2) is 8.43. The van der Waals surface area contributed by atoms with Gasteiger partial charge in [0.15, 0.2) is 0 Å². The number of amides is 2. The van der Waals surface area contributed by atoms with Gasteiger partial charge in [-0.2, -0.15) is 0 Å². The van der Waals surface area contributed by atoms with Gasteiger partial charge in [0.1, 0.15) is 11.9 Å². The van der Waals surface area contributed by atoms with Gasteiger partial charge in [0.05, 0.1) is 10.7 Å². The number of aliphatic carboxylic acids is 1. The van der Waals surface area contributed by atoms with Crippen LogP contribution in [0.5, 0.6) is 0 Å². The molecule has 1 aromatic carbocycles. The van der Waals surface area contributed by atoms with Crippen molar-refractivity contribution in [2.75, 3.05) is 19.0 Å². The standard InChI is InChI=1S/C13H16ClFN2O4/c1-21-7-3-6-10(12(18)19)16-13(20)17-11-8(14)4-2-5-9(11)15/h2,4-5,10H,3,6-7H2,1H3,(H,18,19)(H2,16,17,20). The van der Waals surface area contributed by atoms with Crippen LogP contribution < -0.4 is 10.6 Å². The molecule has 1 atom stereocenters. The average Bonchev–Trinajstić information content (AvgIpc) is 2.42. The van der Waals surface area contributed by atoms with Crippen molar-refractivity contribution in [3.63, 3.8) is 0 Å². The zero-order valence-corrected chi connectivity index (χ0v) is 12.1. The van der Waals surface area contributed by atoms with Gasteiger partial charge in [-0.3, -0.25) is 0 Å². The predicted molar refractivity (Wildman–Crippen MR) is 76.1 cm³/mol. The zero-order chi connectivity index (χ0) is 15.8. The van der Waals surface area contributed by atoms with Crippen LogP contribution in [0.4, 0.5) is 14.9 Å². The molecule has 1 unspecified atom stereocenters. The highest BCUT2D eigenvalue weighted by molar-refractivity contribution is 6.33. The quantitative estimate of drug-likeness (QED) is 0.674. The van der Waals surface area contributed by atoms with Crippen LogP contribution in [-0.2, 0) is 9.53 Å². The molecule has 0 fully saturated rings. The van der Waals surface area contributed by atoms with E-state index in [0.29, 0.717) is 13.0 Å². The van der Waals surface area contributed by atoms with Gasteiger partial charge < -0.3 is 20.5 Å². The minimum atomic E-state index is -1.18. The highest BCUT2D eigenvalue weighted by Crippen LogP contribution is 2.24. The number of halogens is 2. The molecule has 0 bridgehead atoms. The van der Waals surface area contributed by atoms with E-state index in [1.54, 1.807) is 0 Å². The van der Waals surface area contributed by atoms with Crippen molar-refractivity contribution in [1.82, 2.24) is 5.32 Å². The minimum absolute atomic E-state index is 0.0245. The summed E-state index contributed by atoms with van der Waals surface area (Å²) in [7, 11) is 1.50. The number of hydrogen-bond acceptors (Lipinski definition) is 3. The molecular formula is C13H16ClFN2O4. The first-order chi connectivity index (χ1) is 9.95. The summed E-state index contributed by atoms with van der Waals surface area (Å²) in [6.07, 6.45) is 0.662. The molecule has 1 rings (SSSR count). The summed E-state index contributed by atoms with van der Waals surface area (Å²) in [5.41, 5.74) is -0.197. The number of nitrogens with one attached hydrogen (secondary N) is 2. The molecule has 8 heteroatoms. The van der Waals surface area contributed by atoms with Gasteiger partial charge in [-0.1, -0.05) is 17.7 Å². The zero-order valence-electron chi connectivity index (χ0n) is 11.4. The van der Waals surface area contributed by atoms with Crippen molar-refractivity contribution in [1.29, 1.82) is 0 Å². The number of urea groups is 1. The molecule has 3 N–H and O–H groups in total. The number of methoxy groups -OCH3 is 1. The van der Waals surface area contributed by atoms with Crippen molar-refractivity contribution < 1.29 is 23.8 Å². The lowest BCUT2D eigenvalue weighted by Crippen LogP contribution is -2.43. The van der Waals surface area contributed by atoms with Crippen LogP contribution in [0.15, 0.2) is 18.2 Å². The highest BCUT2D eigenvalue weighted by atomic mass is 35.5. The lowest BCUT2D eigenvalue weighted by molar-refractivity contribution is -0.139. The number of rotatable bonds is 7. The van der Waals surface area contributed by atoms with Gasteiger partial charge in [-0.25, -0.2) is 14.0 Å². The van der Waals surface area contributed by atoms with Crippen LogP contribution in [-0.4, -0.2) is 36.9 Å². The maximum absolute atomic E-state index is 13.5. The Bertz CT molecular complexity index is 493. The first-order valence-corrected chi connectivity index (χ1v) is 6.56. The molecule has 0 aliphatic carbocycles. The first-order valence-electron chi connectivity index (χ1n) is 6.19. The fourth-order valence-corrected chi connectivity index (χ4v) is 1.82. The van der Waals surface area contributed by atoms with E-state index in [1.165, 1.54) is 19.2 Å². The molecule has 0 radical (unpaired) electrons.